The molecule has 0 aliphatic carbocycles. The second-order valence-electron chi connectivity index (χ2n) is 5.61. The largest absolute Gasteiger partial charge is 0.377 e. The van der Waals surface area contributed by atoms with Gasteiger partial charge in [0.1, 0.15) is 0 Å². The van der Waals surface area contributed by atoms with Crippen LogP contribution in [0.3, 0.4) is 0 Å². The van der Waals surface area contributed by atoms with Crippen LogP contribution in [0, 0.1) is 0 Å². The lowest BCUT2D eigenvalue weighted by molar-refractivity contribution is -0.0106. The highest BCUT2D eigenvalue weighted by Gasteiger charge is 2.31. The fraction of sp³-hybridized carbons (Fsp3) is 0.471. The zero-order chi connectivity index (χ0) is 14.6. The fourth-order valence-corrected chi connectivity index (χ4v) is 2.52. The van der Waals surface area contributed by atoms with E-state index in [4.69, 9.17) is 4.74 Å². The normalized spacial score (nSPS) is 13.6. The van der Waals surface area contributed by atoms with E-state index in [1.165, 1.54) is 10.9 Å². The first-order valence-electron chi connectivity index (χ1n) is 7.22. The first kappa shape index (κ1) is 14.9. The molecule has 0 aliphatic rings. The highest BCUT2D eigenvalue weighted by Crippen LogP contribution is 2.32. The molecule has 108 valence electrons. The number of rotatable bonds is 6. The lowest BCUT2D eigenvalue weighted by atomic mass is 9.89. The molecular weight excluding hydrogens is 248 g/mol. The highest BCUT2D eigenvalue weighted by atomic mass is 16.5. The van der Waals surface area contributed by atoms with E-state index in [9.17, 15) is 0 Å². The summed E-state index contributed by atoms with van der Waals surface area (Å²) < 4.78 is 5.72. The quantitative estimate of drug-likeness (QED) is 0.870. The number of fused-ring (bicyclic) bond motifs is 1. The molecular formula is C17H24N2O. The van der Waals surface area contributed by atoms with E-state index in [-0.39, 0.29) is 11.6 Å². The van der Waals surface area contributed by atoms with Crippen molar-refractivity contribution in [3.63, 3.8) is 0 Å². The van der Waals surface area contributed by atoms with Crippen molar-refractivity contribution in [3.05, 3.63) is 42.1 Å². The number of benzene rings is 1. The molecule has 3 heteroatoms. The van der Waals surface area contributed by atoms with E-state index in [0.717, 1.165) is 18.5 Å². The Morgan fingerprint density at radius 1 is 1.25 bits per heavy atom. The number of nitrogens with one attached hydrogen (secondary N) is 1. The monoisotopic (exact) mass is 272 g/mol. The molecule has 3 nitrogen and oxygen atoms in total. The zero-order valence-corrected chi connectivity index (χ0v) is 12.8. The molecule has 0 fully saturated rings. The maximum absolute atomic E-state index is 5.72. The summed E-state index contributed by atoms with van der Waals surface area (Å²) in [7, 11) is 1.77. The Morgan fingerprint density at radius 2 is 2.05 bits per heavy atom. The van der Waals surface area contributed by atoms with Gasteiger partial charge in [0.25, 0.3) is 0 Å². The smallest absolute Gasteiger partial charge is 0.0816 e. The van der Waals surface area contributed by atoms with Crippen LogP contribution in [0.4, 0.5) is 0 Å². The minimum Gasteiger partial charge on any atom is -0.377 e. The Hall–Kier alpha value is -1.45. The van der Waals surface area contributed by atoms with E-state index >= 15 is 0 Å². The molecule has 1 aromatic heterocycles. The average molecular weight is 272 g/mol. The van der Waals surface area contributed by atoms with E-state index < -0.39 is 0 Å². The number of hydrogen-bond donors (Lipinski definition) is 1. The van der Waals surface area contributed by atoms with Crippen LogP contribution in [0.25, 0.3) is 10.9 Å². The highest BCUT2D eigenvalue weighted by molar-refractivity contribution is 5.82. The molecule has 1 N–H and O–H groups in total. The zero-order valence-electron chi connectivity index (χ0n) is 12.8. The van der Waals surface area contributed by atoms with Crippen LogP contribution in [-0.2, 0) is 4.74 Å². The molecule has 1 heterocycles. The van der Waals surface area contributed by atoms with E-state index in [2.05, 4.69) is 55.3 Å². The van der Waals surface area contributed by atoms with E-state index in [1.807, 2.05) is 12.3 Å². The van der Waals surface area contributed by atoms with Crippen molar-refractivity contribution in [1.29, 1.82) is 0 Å². The van der Waals surface area contributed by atoms with Crippen molar-refractivity contribution in [2.24, 2.45) is 0 Å². The standard InChI is InChI=1S/C17H24N2O/c1-5-11-19-16(17(2,3)20-4)14-8-6-10-15-13(14)9-7-12-18-15/h6-10,12,16,19H,5,11H2,1-4H3. The first-order chi connectivity index (χ1) is 9.60. The van der Waals surface area contributed by atoms with Crippen molar-refractivity contribution in [2.45, 2.75) is 38.8 Å². The van der Waals surface area contributed by atoms with E-state index in [1.54, 1.807) is 7.11 Å². The van der Waals surface area contributed by atoms with Gasteiger partial charge in [-0.1, -0.05) is 25.1 Å². The van der Waals surface area contributed by atoms with Crippen molar-refractivity contribution < 1.29 is 4.74 Å². The summed E-state index contributed by atoms with van der Waals surface area (Å²) in [5.41, 5.74) is 2.00. The van der Waals surface area contributed by atoms with Crippen LogP contribution >= 0.6 is 0 Å². The van der Waals surface area contributed by atoms with Crippen LogP contribution in [0.2, 0.25) is 0 Å². The molecule has 1 atom stereocenters. The minimum absolute atomic E-state index is 0.139. The van der Waals surface area contributed by atoms with Crippen LogP contribution in [-0.4, -0.2) is 24.2 Å². The summed E-state index contributed by atoms with van der Waals surface area (Å²) in [4.78, 5) is 4.44. The number of ether oxygens (including phenoxy) is 1. The molecule has 1 aromatic carbocycles. The molecule has 0 spiro atoms. The summed E-state index contributed by atoms with van der Waals surface area (Å²) in [6.07, 6.45) is 2.93. The summed E-state index contributed by atoms with van der Waals surface area (Å²) in [6, 6.07) is 10.5. The predicted octanol–water partition coefficient (Wildman–Crippen LogP) is 3.70. The van der Waals surface area contributed by atoms with Gasteiger partial charge < -0.3 is 10.1 Å². The fourth-order valence-electron chi connectivity index (χ4n) is 2.52. The van der Waals surface area contributed by atoms with Crippen LogP contribution in [0.15, 0.2) is 36.5 Å². The van der Waals surface area contributed by atoms with Gasteiger partial charge in [0.05, 0.1) is 17.2 Å². The molecule has 20 heavy (non-hydrogen) atoms. The van der Waals surface area contributed by atoms with Gasteiger partial charge in [0.15, 0.2) is 0 Å². The summed E-state index contributed by atoms with van der Waals surface area (Å²) in [5.74, 6) is 0. The SMILES string of the molecule is CCCNC(c1cccc2ncccc12)C(C)(C)OC. The lowest BCUT2D eigenvalue weighted by Crippen LogP contribution is -2.41. The summed E-state index contributed by atoms with van der Waals surface area (Å²) in [5, 5.41) is 4.80. The number of aromatic nitrogens is 1. The van der Waals surface area contributed by atoms with Gasteiger partial charge in [0, 0.05) is 18.7 Å². The van der Waals surface area contributed by atoms with Gasteiger partial charge in [-0.15, -0.1) is 0 Å². The number of pyridine rings is 1. The maximum Gasteiger partial charge on any atom is 0.0816 e. The number of nitrogens with zero attached hydrogens (tertiary/aromatic N) is 1. The molecule has 0 amide bonds. The molecule has 0 bridgehead atoms. The Morgan fingerprint density at radius 3 is 2.75 bits per heavy atom. The second kappa shape index (κ2) is 6.33. The number of hydrogen-bond acceptors (Lipinski definition) is 3. The Balaban J connectivity index is 2.50. The van der Waals surface area contributed by atoms with Crippen molar-refractivity contribution in [1.82, 2.24) is 10.3 Å². The van der Waals surface area contributed by atoms with Crippen LogP contribution < -0.4 is 5.32 Å². The van der Waals surface area contributed by atoms with Gasteiger partial charge in [0.2, 0.25) is 0 Å². The topological polar surface area (TPSA) is 34.2 Å². The van der Waals surface area contributed by atoms with Crippen LogP contribution in [0.5, 0.6) is 0 Å². The molecule has 2 rings (SSSR count). The molecule has 0 radical (unpaired) electrons. The minimum atomic E-state index is -0.278. The first-order valence-corrected chi connectivity index (χ1v) is 7.22. The van der Waals surface area contributed by atoms with Crippen LogP contribution in [0.1, 0.15) is 38.8 Å². The third-order valence-corrected chi connectivity index (χ3v) is 3.81. The summed E-state index contributed by atoms with van der Waals surface area (Å²) >= 11 is 0. The molecule has 0 saturated heterocycles. The van der Waals surface area contributed by atoms with Gasteiger partial charge in [-0.25, -0.2) is 0 Å². The Labute approximate surface area is 121 Å². The van der Waals surface area contributed by atoms with Crippen molar-refractivity contribution in [2.75, 3.05) is 13.7 Å². The van der Waals surface area contributed by atoms with E-state index in [0.29, 0.717) is 0 Å². The van der Waals surface area contributed by atoms with Gasteiger partial charge >= 0.3 is 0 Å². The van der Waals surface area contributed by atoms with Crippen molar-refractivity contribution in [3.8, 4) is 0 Å². The molecule has 0 saturated carbocycles. The third kappa shape index (κ3) is 3.00. The maximum atomic E-state index is 5.72. The Bertz CT molecular complexity index is 560. The average Bonchev–Trinajstić information content (AvgIpc) is 2.47. The number of methoxy groups -OCH3 is 1. The molecule has 2 aromatic rings. The predicted molar refractivity (Wildman–Crippen MR) is 83.9 cm³/mol. The Kier molecular flexibility index (Phi) is 4.73. The molecule has 1 unspecified atom stereocenters. The third-order valence-electron chi connectivity index (χ3n) is 3.81. The van der Waals surface area contributed by atoms with Gasteiger partial charge in [-0.2, -0.15) is 0 Å². The lowest BCUT2D eigenvalue weighted by Gasteiger charge is -2.35. The summed E-state index contributed by atoms with van der Waals surface area (Å²) in [6.45, 7) is 7.38. The van der Waals surface area contributed by atoms with Gasteiger partial charge in [-0.05, 0) is 44.5 Å². The van der Waals surface area contributed by atoms with Gasteiger partial charge in [-0.3, -0.25) is 4.98 Å². The van der Waals surface area contributed by atoms with Crippen molar-refractivity contribution >= 4 is 10.9 Å². The second-order valence-corrected chi connectivity index (χ2v) is 5.61. The molecule has 0 aliphatic heterocycles.